The van der Waals surface area contributed by atoms with Crippen molar-refractivity contribution in [2.75, 3.05) is 6.61 Å². The van der Waals surface area contributed by atoms with E-state index in [2.05, 4.69) is 15.6 Å². The Kier molecular flexibility index (Phi) is 7.58. The van der Waals surface area contributed by atoms with Crippen LogP contribution >= 0.6 is 11.6 Å². The zero-order chi connectivity index (χ0) is 23.0. The summed E-state index contributed by atoms with van der Waals surface area (Å²) in [6, 6.07) is 19.1. The van der Waals surface area contributed by atoms with Crippen LogP contribution in [0.25, 0.3) is 0 Å². The average molecular weight is 464 g/mol. The Morgan fingerprint density at radius 2 is 1.76 bits per heavy atom. The highest BCUT2D eigenvalue weighted by Crippen LogP contribution is 2.29. The first-order valence-corrected chi connectivity index (χ1v) is 11.4. The van der Waals surface area contributed by atoms with E-state index in [0.717, 1.165) is 11.1 Å². The topological polar surface area (TPSA) is 80.3 Å². The van der Waals surface area contributed by atoms with Crippen molar-refractivity contribution in [2.45, 2.75) is 31.8 Å². The lowest BCUT2D eigenvalue weighted by molar-refractivity contribution is -0.123. The molecule has 0 aliphatic heterocycles. The molecule has 2 N–H and O–H groups in total. The van der Waals surface area contributed by atoms with Crippen LogP contribution in [0, 0.1) is 5.92 Å². The molecule has 2 aromatic carbocycles. The summed E-state index contributed by atoms with van der Waals surface area (Å²) >= 11 is 5.91. The molecule has 1 aliphatic carbocycles. The maximum Gasteiger partial charge on any atom is 0.251 e. The first-order valence-electron chi connectivity index (χ1n) is 11.0. The van der Waals surface area contributed by atoms with E-state index in [0.29, 0.717) is 42.0 Å². The van der Waals surface area contributed by atoms with Crippen molar-refractivity contribution in [1.82, 2.24) is 15.6 Å². The van der Waals surface area contributed by atoms with Gasteiger partial charge < -0.3 is 15.4 Å². The van der Waals surface area contributed by atoms with E-state index < -0.39 is 6.04 Å². The van der Waals surface area contributed by atoms with Crippen LogP contribution in [0.4, 0.5) is 0 Å². The molecule has 4 rings (SSSR count). The first-order chi connectivity index (χ1) is 16.1. The summed E-state index contributed by atoms with van der Waals surface area (Å²) in [4.78, 5) is 30.0. The molecule has 1 atom stereocenters. The highest BCUT2D eigenvalue weighted by molar-refractivity contribution is 6.30. The van der Waals surface area contributed by atoms with E-state index in [9.17, 15) is 9.59 Å². The van der Waals surface area contributed by atoms with Gasteiger partial charge in [0.1, 0.15) is 6.04 Å². The predicted octanol–water partition coefficient (Wildman–Crippen LogP) is 4.18. The second-order valence-electron chi connectivity index (χ2n) is 8.20. The molecule has 1 fully saturated rings. The molecule has 1 saturated carbocycles. The first kappa shape index (κ1) is 22.8. The summed E-state index contributed by atoms with van der Waals surface area (Å²) in [6.07, 6.45) is 4.52. The van der Waals surface area contributed by atoms with Crippen LogP contribution in [0.1, 0.15) is 34.3 Å². The zero-order valence-corrected chi connectivity index (χ0v) is 18.9. The van der Waals surface area contributed by atoms with Gasteiger partial charge in [-0.25, -0.2) is 4.98 Å². The molecule has 2 amide bonds. The van der Waals surface area contributed by atoms with Crippen LogP contribution in [-0.2, 0) is 17.8 Å². The lowest BCUT2D eigenvalue weighted by atomic mass is 10.0. The summed E-state index contributed by atoms with van der Waals surface area (Å²) in [5, 5.41) is 6.30. The Balaban J connectivity index is 1.37. The van der Waals surface area contributed by atoms with Crippen molar-refractivity contribution >= 4 is 23.4 Å². The van der Waals surface area contributed by atoms with Gasteiger partial charge in [-0.3, -0.25) is 9.59 Å². The Morgan fingerprint density at radius 3 is 2.42 bits per heavy atom. The Morgan fingerprint density at radius 1 is 1.00 bits per heavy atom. The summed E-state index contributed by atoms with van der Waals surface area (Å²) in [7, 11) is 0. The van der Waals surface area contributed by atoms with Crippen molar-refractivity contribution in [1.29, 1.82) is 0 Å². The molecule has 3 aromatic rings. The number of hydrogen-bond donors (Lipinski definition) is 2. The van der Waals surface area contributed by atoms with Gasteiger partial charge in [-0.1, -0.05) is 48.0 Å². The van der Waals surface area contributed by atoms with Crippen LogP contribution in [-0.4, -0.2) is 29.4 Å². The zero-order valence-electron chi connectivity index (χ0n) is 18.2. The fourth-order valence-electron chi connectivity index (χ4n) is 3.30. The van der Waals surface area contributed by atoms with Crippen molar-refractivity contribution in [3.8, 4) is 5.88 Å². The van der Waals surface area contributed by atoms with E-state index >= 15 is 0 Å². The number of pyridine rings is 1. The molecule has 1 aliphatic rings. The Hall–Kier alpha value is -3.38. The van der Waals surface area contributed by atoms with Crippen LogP contribution < -0.4 is 15.4 Å². The number of rotatable bonds is 10. The van der Waals surface area contributed by atoms with Crippen LogP contribution in [0.3, 0.4) is 0 Å². The minimum Gasteiger partial charge on any atom is -0.477 e. The van der Waals surface area contributed by atoms with Crippen LogP contribution in [0.15, 0.2) is 72.9 Å². The number of nitrogens with zero attached hydrogens (tertiary/aromatic N) is 1. The maximum absolute atomic E-state index is 13.0. The third-order valence-corrected chi connectivity index (χ3v) is 5.69. The molecule has 0 spiro atoms. The van der Waals surface area contributed by atoms with Gasteiger partial charge in [-0.05, 0) is 54.2 Å². The lowest BCUT2D eigenvalue weighted by Gasteiger charge is -2.19. The number of carbonyl (C=O) groups is 2. The van der Waals surface area contributed by atoms with E-state index in [1.54, 1.807) is 30.5 Å². The molecule has 0 saturated heterocycles. The number of benzene rings is 2. The highest BCUT2D eigenvalue weighted by atomic mass is 35.5. The summed E-state index contributed by atoms with van der Waals surface area (Å²) in [5.41, 5.74) is 2.24. The van der Waals surface area contributed by atoms with Gasteiger partial charge in [-0.2, -0.15) is 0 Å². The largest absolute Gasteiger partial charge is 0.477 e. The van der Waals surface area contributed by atoms with E-state index in [1.807, 2.05) is 42.5 Å². The van der Waals surface area contributed by atoms with Crippen molar-refractivity contribution in [3.05, 3.63) is 94.6 Å². The number of hydrogen-bond acceptors (Lipinski definition) is 4. The van der Waals surface area contributed by atoms with E-state index in [1.165, 1.54) is 12.8 Å². The summed E-state index contributed by atoms with van der Waals surface area (Å²) in [5.74, 6) is 0.654. The molecule has 0 radical (unpaired) electrons. The van der Waals surface area contributed by atoms with Gasteiger partial charge in [0.15, 0.2) is 0 Å². The standard InChI is InChI=1S/C26H26ClN3O3/c27-22-11-9-21(10-12-22)25(31)30-23(14-18-4-2-1-3-5-18)26(32)29-16-20-8-13-24(28-15-20)33-17-19-6-7-19/h1-5,8-13,15,19,23H,6-7,14,16-17H2,(H,29,32)(H,30,31). The van der Waals surface area contributed by atoms with Crippen LogP contribution in [0.2, 0.25) is 5.02 Å². The predicted molar refractivity (Wildman–Crippen MR) is 127 cm³/mol. The molecule has 0 bridgehead atoms. The molecule has 1 heterocycles. The average Bonchev–Trinajstić information content (AvgIpc) is 3.67. The number of halogens is 1. The molecule has 33 heavy (non-hydrogen) atoms. The fraction of sp³-hybridized carbons (Fsp3) is 0.269. The second kappa shape index (κ2) is 11.0. The van der Waals surface area contributed by atoms with E-state index in [4.69, 9.17) is 16.3 Å². The van der Waals surface area contributed by atoms with Gasteiger partial charge in [0.25, 0.3) is 5.91 Å². The maximum atomic E-state index is 13.0. The van der Waals surface area contributed by atoms with Gasteiger partial charge in [0.2, 0.25) is 11.8 Å². The van der Waals surface area contributed by atoms with Gasteiger partial charge in [0, 0.05) is 35.8 Å². The minimum atomic E-state index is -0.732. The Labute approximate surface area is 198 Å². The lowest BCUT2D eigenvalue weighted by Crippen LogP contribution is -2.47. The molecule has 7 heteroatoms. The molecular formula is C26H26ClN3O3. The number of amides is 2. The molecule has 170 valence electrons. The molecule has 1 unspecified atom stereocenters. The van der Waals surface area contributed by atoms with Gasteiger partial charge >= 0.3 is 0 Å². The number of ether oxygens (including phenoxy) is 1. The van der Waals surface area contributed by atoms with Crippen molar-refractivity contribution in [2.24, 2.45) is 5.92 Å². The quantitative estimate of drug-likeness (QED) is 0.472. The minimum absolute atomic E-state index is 0.268. The SMILES string of the molecule is O=C(NC(Cc1ccccc1)C(=O)NCc1ccc(OCC2CC2)nc1)c1ccc(Cl)cc1. The third-order valence-electron chi connectivity index (χ3n) is 5.44. The van der Waals surface area contributed by atoms with E-state index in [-0.39, 0.29) is 11.8 Å². The molecule has 1 aromatic heterocycles. The second-order valence-corrected chi connectivity index (χ2v) is 8.64. The number of carbonyl (C=O) groups excluding carboxylic acids is 2. The monoisotopic (exact) mass is 463 g/mol. The van der Waals surface area contributed by atoms with Gasteiger partial charge in [0.05, 0.1) is 6.61 Å². The molecule has 6 nitrogen and oxygen atoms in total. The summed E-state index contributed by atoms with van der Waals surface area (Å²) < 4.78 is 5.65. The normalized spacial score (nSPS) is 13.7. The van der Waals surface area contributed by atoms with Crippen molar-refractivity contribution < 1.29 is 14.3 Å². The summed E-state index contributed by atoms with van der Waals surface area (Å²) in [6.45, 7) is 1.01. The fourth-order valence-corrected chi connectivity index (χ4v) is 3.43. The highest BCUT2D eigenvalue weighted by Gasteiger charge is 2.23. The van der Waals surface area contributed by atoms with Crippen molar-refractivity contribution in [3.63, 3.8) is 0 Å². The van der Waals surface area contributed by atoms with Crippen LogP contribution in [0.5, 0.6) is 5.88 Å². The Bertz CT molecular complexity index is 1070. The number of nitrogens with one attached hydrogen (secondary N) is 2. The number of aromatic nitrogens is 1. The smallest absolute Gasteiger partial charge is 0.251 e. The molecular weight excluding hydrogens is 438 g/mol. The van der Waals surface area contributed by atoms with Gasteiger partial charge in [-0.15, -0.1) is 0 Å². The third kappa shape index (κ3) is 7.05.